The molecule has 1 aliphatic rings. The number of para-hydroxylation sites is 1. The molecule has 0 saturated heterocycles. The average Bonchev–Trinajstić information content (AvgIpc) is 3.20. The van der Waals surface area contributed by atoms with Crippen LogP contribution in [-0.4, -0.2) is 10.8 Å². The topological polar surface area (TPSA) is 3.01 Å². The van der Waals surface area contributed by atoms with E-state index in [1.54, 1.807) is 0 Å². The molecule has 1 heterocycles. The maximum absolute atomic E-state index is 2.58. The first kappa shape index (κ1) is 21.4. The SMILES string of the molecule is CC(C)c1cccc(C(C)C)c1[N+]1=Cc2ccccc2C1(c1ccccc1)c1ccccc1. The van der Waals surface area contributed by atoms with Crippen LogP contribution in [0.3, 0.4) is 0 Å². The van der Waals surface area contributed by atoms with E-state index in [4.69, 9.17) is 0 Å². The second-order valence-electron chi connectivity index (χ2n) is 9.62. The van der Waals surface area contributed by atoms with Crippen LogP contribution in [0.5, 0.6) is 0 Å². The summed E-state index contributed by atoms with van der Waals surface area (Å²) >= 11 is 0. The second-order valence-corrected chi connectivity index (χ2v) is 9.62. The number of rotatable bonds is 5. The standard InChI is InChI=1S/C32H32N/c1-23(2)28-19-13-20-29(24(3)4)31(28)33-22-25-14-11-12-21-30(25)32(33,26-15-7-5-8-16-26)27-17-9-6-10-18-27/h5-24H,1-4H3/q+1. The van der Waals surface area contributed by atoms with Crippen molar-refractivity contribution >= 4 is 11.9 Å². The van der Waals surface area contributed by atoms with Gasteiger partial charge in [0.2, 0.25) is 11.2 Å². The summed E-state index contributed by atoms with van der Waals surface area (Å²) < 4.78 is 2.58. The van der Waals surface area contributed by atoms with Crippen molar-refractivity contribution in [1.29, 1.82) is 0 Å². The normalized spacial score (nSPS) is 14.4. The van der Waals surface area contributed by atoms with Crippen molar-refractivity contribution < 1.29 is 4.58 Å². The van der Waals surface area contributed by atoms with Crippen LogP contribution >= 0.6 is 0 Å². The van der Waals surface area contributed by atoms with Gasteiger partial charge in [-0.25, -0.2) is 0 Å². The van der Waals surface area contributed by atoms with Crippen molar-refractivity contribution in [2.24, 2.45) is 0 Å². The Balaban J connectivity index is 1.95. The van der Waals surface area contributed by atoms with E-state index in [-0.39, 0.29) is 0 Å². The summed E-state index contributed by atoms with van der Waals surface area (Å²) in [7, 11) is 0. The lowest BCUT2D eigenvalue weighted by molar-refractivity contribution is -0.508. The molecule has 4 aromatic carbocycles. The molecule has 0 unspecified atom stereocenters. The van der Waals surface area contributed by atoms with Gasteiger partial charge in [0.05, 0.1) is 0 Å². The second kappa shape index (κ2) is 8.48. The predicted octanol–water partition coefficient (Wildman–Crippen LogP) is 8.00. The van der Waals surface area contributed by atoms with E-state index in [2.05, 4.69) is 142 Å². The Morgan fingerprint density at radius 3 is 1.55 bits per heavy atom. The third-order valence-corrected chi connectivity index (χ3v) is 6.95. The van der Waals surface area contributed by atoms with Crippen molar-refractivity contribution in [1.82, 2.24) is 0 Å². The maximum Gasteiger partial charge on any atom is 0.245 e. The summed E-state index contributed by atoms with van der Waals surface area (Å²) in [5.41, 5.74) is 8.85. The van der Waals surface area contributed by atoms with Crippen LogP contribution in [0.4, 0.5) is 5.69 Å². The Bertz CT molecular complexity index is 1230. The summed E-state index contributed by atoms with van der Waals surface area (Å²) in [6.07, 6.45) is 2.38. The fraction of sp³-hybridized carbons (Fsp3) is 0.219. The van der Waals surface area contributed by atoms with E-state index in [9.17, 15) is 0 Å². The fourth-order valence-electron chi connectivity index (χ4n) is 5.44. The monoisotopic (exact) mass is 430 g/mol. The molecule has 0 saturated carbocycles. The molecule has 0 bridgehead atoms. The van der Waals surface area contributed by atoms with Gasteiger partial charge >= 0.3 is 0 Å². The zero-order valence-electron chi connectivity index (χ0n) is 20.0. The van der Waals surface area contributed by atoms with Crippen molar-refractivity contribution in [2.75, 3.05) is 0 Å². The zero-order chi connectivity index (χ0) is 23.0. The third-order valence-electron chi connectivity index (χ3n) is 6.95. The largest absolute Gasteiger partial charge is 0.245 e. The lowest BCUT2D eigenvalue weighted by atomic mass is 9.76. The number of hydrogen-bond donors (Lipinski definition) is 0. The highest BCUT2D eigenvalue weighted by Gasteiger charge is 2.54. The molecule has 1 aliphatic heterocycles. The first-order valence-corrected chi connectivity index (χ1v) is 12.0. The number of benzene rings is 4. The van der Waals surface area contributed by atoms with Crippen molar-refractivity contribution in [3.63, 3.8) is 0 Å². The van der Waals surface area contributed by atoms with Gasteiger partial charge in [-0.05, 0) is 17.9 Å². The van der Waals surface area contributed by atoms with Gasteiger partial charge in [0.1, 0.15) is 0 Å². The molecule has 33 heavy (non-hydrogen) atoms. The molecular formula is C32H32N+. The molecular weight excluding hydrogens is 398 g/mol. The Kier molecular flexibility index (Phi) is 5.50. The first-order chi connectivity index (χ1) is 16.0. The van der Waals surface area contributed by atoms with E-state index in [0.29, 0.717) is 11.8 Å². The third kappa shape index (κ3) is 3.35. The van der Waals surface area contributed by atoms with Crippen LogP contribution in [-0.2, 0) is 5.54 Å². The molecule has 0 atom stereocenters. The van der Waals surface area contributed by atoms with Gasteiger partial charge < -0.3 is 0 Å². The van der Waals surface area contributed by atoms with E-state index >= 15 is 0 Å². The van der Waals surface area contributed by atoms with Gasteiger partial charge in [0.15, 0.2) is 6.21 Å². The molecule has 5 rings (SSSR count). The Hall–Kier alpha value is -3.45. The summed E-state index contributed by atoms with van der Waals surface area (Å²) in [6.45, 7) is 9.22. The van der Waals surface area contributed by atoms with Gasteiger partial charge in [-0.1, -0.05) is 125 Å². The van der Waals surface area contributed by atoms with E-state index in [1.165, 1.54) is 39.1 Å². The number of nitrogens with zero attached hydrogens (tertiary/aromatic N) is 1. The number of fused-ring (bicyclic) bond motifs is 1. The molecule has 0 N–H and O–H groups in total. The summed E-state index contributed by atoms with van der Waals surface area (Å²) in [5.74, 6) is 0.833. The van der Waals surface area contributed by atoms with Crippen LogP contribution < -0.4 is 0 Å². The first-order valence-electron chi connectivity index (χ1n) is 12.0. The smallest absolute Gasteiger partial charge is 0.179 e. The Morgan fingerprint density at radius 2 is 1.03 bits per heavy atom. The highest BCUT2D eigenvalue weighted by atomic mass is 15.1. The van der Waals surface area contributed by atoms with Crippen LogP contribution in [0.25, 0.3) is 0 Å². The van der Waals surface area contributed by atoms with Crippen molar-refractivity contribution in [3.8, 4) is 0 Å². The van der Waals surface area contributed by atoms with Crippen LogP contribution in [0.15, 0.2) is 103 Å². The van der Waals surface area contributed by atoms with E-state index in [0.717, 1.165) is 0 Å². The minimum Gasteiger partial charge on any atom is -0.179 e. The summed E-state index contributed by atoms with van der Waals surface area (Å²) in [5, 5.41) is 0. The maximum atomic E-state index is 2.58. The molecule has 4 aromatic rings. The minimum absolute atomic E-state index is 0.417. The molecule has 0 fully saturated rings. The lowest BCUT2D eigenvalue weighted by Gasteiger charge is -2.31. The van der Waals surface area contributed by atoms with Gasteiger partial charge in [-0.15, -0.1) is 0 Å². The quantitative estimate of drug-likeness (QED) is 0.282. The van der Waals surface area contributed by atoms with Gasteiger partial charge in [0.25, 0.3) is 0 Å². The Morgan fingerprint density at radius 1 is 0.545 bits per heavy atom. The number of hydrogen-bond acceptors (Lipinski definition) is 0. The fourth-order valence-corrected chi connectivity index (χ4v) is 5.44. The van der Waals surface area contributed by atoms with Gasteiger partial charge in [-0.3, -0.25) is 0 Å². The predicted molar refractivity (Wildman–Crippen MR) is 139 cm³/mol. The van der Waals surface area contributed by atoms with Crippen LogP contribution in [0, 0.1) is 0 Å². The Labute approximate surface area is 198 Å². The molecule has 0 spiro atoms. The summed E-state index contributed by atoms with van der Waals surface area (Å²) in [6, 6.07) is 37.7. The van der Waals surface area contributed by atoms with Crippen molar-refractivity contribution in [3.05, 3.63) is 137 Å². The molecule has 0 amide bonds. The molecule has 0 aliphatic carbocycles. The highest BCUT2D eigenvalue weighted by Crippen LogP contribution is 2.50. The molecule has 0 aromatic heterocycles. The van der Waals surface area contributed by atoms with Crippen molar-refractivity contribution in [2.45, 2.75) is 45.1 Å². The van der Waals surface area contributed by atoms with Gasteiger partial charge in [-0.2, -0.15) is 4.58 Å². The summed E-state index contributed by atoms with van der Waals surface area (Å²) in [4.78, 5) is 0. The van der Waals surface area contributed by atoms with Crippen LogP contribution in [0.2, 0.25) is 0 Å². The lowest BCUT2D eigenvalue weighted by Crippen LogP contribution is -2.38. The average molecular weight is 431 g/mol. The van der Waals surface area contributed by atoms with E-state index in [1.807, 2.05) is 0 Å². The molecule has 164 valence electrons. The van der Waals surface area contributed by atoms with Crippen LogP contribution in [0.1, 0.15) is 72.9 Å². The zero-order valence-corrected chi connectivity index (χ0v) is 20.0. The van der Waals surface area contributed by atoms with E-state index < -0.39 is 5.54 Å². The molecule has 0 radical (unpaired) electrons. The molecule has 1 heteroatoms. The molecule has 1 nitrogen and oxygen atoms in total. The van der Waals surface area contributed by atoms with Gasteiger partial charge in [0, 0.05) is 33.4 Å². The minimum atomic E-state index is -0.437. The highest BCUT2D eigenvalue weighted by molar-refractivity contribution is 5.85.